The van der Waals surface area contributed by atoms with E-state index in [-0.39, 0.29) is 16.9 Å². The van der Waals surface area contributed by atoms with Crippen LogP contribution in [-0.4, -0.2) is 51.9 Å². The second-order valence-corrected chi connectivity index (χ2v) is 13.5. The Bertz CT molecular complexity index is 655. The van der Waals surface area contributed by atoms with Crippen LogP contribution in [0.2, 0.25) is 11.6 Å². The van der Waals surface area contributed by atoms with E-state index in [4.69, 9.17) is 18.6 Å². The number of hydrogen-bond donors (Lipinski definition) is 0. The van der Waals surface area contributed by atoms with Gasteiger partial charge < -0.3 is 18.6 Å². The van der Waals surface area contributed by atoms with Crippen LogP contribution in [-0.2, 0) is 23.4 Å². The summed E-state index contributed by atoms with van der Waals surface area (Å²) in [6.07, 6.45) is -1.11. The van der Waals surface area contributed by atoms with Gasteiger partial charge in [0.1, 0.15) is 18.3 Å². The van der Waals surface area contributed by atoms with Crippen molar-refractivity contribution in [3.05, 3.63) is 30.3 Å². The predicted molar refractivity (Wildman–Crippen MR) is 113 cm³/mol. The van der Waals surface area contributed by atoms with Gasteiger partial charge in [-0.15, -0.1) is 0 Å². The number of ether oxygens (including phenoxy) is 3. The molecule has 0 radical (unpaired) electrons. The average molecular weight is 409 g/mol. The number of carbonyl (C=O) groups is 1. The van der Waals surface area contributed by atoms with Gasteiger partial charge in [-0.25, -0.2) is 0 Å². The van der Waals surface area contributed by atoms with Crippen molar-refractivity contribution in [3.63, 3.8) is 0 Å². The lowest BCUT2D eigenvalue weighted by molar-refractivity contribution is -0.162. The molecule has 0 aliphatic carbocycles. The second kappa shape index (κ2) is 8.75. The lowest BCUT2D eigenvalue weighted by Crippen LogP contribution is -2.57. The van der Waals surface area contributed by atoms with E-state index < -0.39 is 26.3 Å². The van der Waals surface area contributed by atoms with Crippen LogP contribution in [0.25, 0.3) is 0 Å². The molecule has 1 saturated heterocycles. The molecule has 1 aliphatic rings. The number of Topliss-reactive ketones (excluding diaryl/α,β-unsaturated/α-hetero) is 1. The van der Waals surface area contributed by atoms with Gasteiger partial charge in [0, 0.05) is 13.5 Å². The molecule has 1 unspecified atom stereocenters. The number of ketones is 1. The van der Waals surface area contributed by atoms with Gasteiger partial charge in [-0.3, -0.25) is 4.79 Å². The molecule has 158 valence electrons. The van der Waals surface area contributed by atoms with E-state index in [0.29, 0.717) is 13.0 Å². The maximum atomic E-state index is 12.4. The van der Waals surface area contributed by atoms with Crippen LogP contribution in [0.1, 0.15) is 48.0 Å². The Morgan fingerprint density at radius 2 is 1.82 bits per heavy atom. The standard InChI is InChI=1S/C22H36O5Si/c1-9-17(23)19(24-7)20-18(26-22(5,6)27-20)15-25-28(8,21(2,3)4)16-13-11-10-12-14-16/h10-14,18-20H,9,15H2,1-8H3/t18-,19-,20-,28?/m0/s1. The molecule has 2 rings (SSSR count). The topological polar surface area (TPSA) is 54.0 Å². The largest absolute Gasteiger partial charge is 0.409 e. The highest BCUT2D eigenvalue weighted by Gasteiger charge is 2.50. The van der Waals surface area contributed by atoms with Crippen molar-refractivity contribution in [2.24, 2.45) is 0 Å². The van der Waals surface area contributed by atoms with Crippen LogP contribution in [0.15, 0.2) is 30.3 Å². The molecule has 0 bridgehead atoms. The number of hydrogen-bond acceptors (Lipinski definition) is 5. The van der Waals surface area contributed by atoms with Crippen molar-refractivity contribution in [3.8, 4) is 0 Å². The molecule has 1 aliphatic heterocycles. The minimum Gasteiger partial charge on any atom is -0.409 e. The maximum Gasteiger partial charge on any atom is 0.226 e. The molecule has 0 amide bonds. The van der Waals surface area contributed by atoms with E-state index in [0.717, 1.165) is 0 Å². The Labute approximate surface area is 170 Å². The molecular formula is C22H36O5Si. The minimum absolute atomic E-state index is 0.0117. The summed E-state index contributed by atoms with van der Waals surface area (Å²) >= 11 is 0. The lowest BCUT2D eigenvalue weighted by atomic mass is 10.0. The van der Waals surface area contributed by atoms with Gasteiger partial charge >= 0.3 is 0 Å². The third-order valence-electron chi connectivity index (χ3n) is 5.73. The quantitative estimate of drug-likeness (QED) is 0.613. The minimum atomic E-state index is -2.31. The monoisotopic (exact) mass is 408 g/mol. The highest BCUT2D eigenvalue weighted by molar-refractivity contribution is 6.87. The number of methoxy groups -OCH3 is 1. The van der Waals surface area contributed by atoms with E-state index in [1.54, 1.807) is 7.11 Å². The van der Waals surface area contributed by atoms with Crippen LogP contribution in [0.3, 0.4) is 0 Å². The van der Waals surface area contributed by atoms with E-state index in [9.17, 15) is 4.79 Å². The Hall–Kier alpha value is -1.05. The fraction of sp³-hybridized carbons (Fsp3) is 0.682. The zero-order valence-electron chi connectivity index (χ0n) is 18.6. The third kappa shape index (κ3) is 4.92. The number of rotatable bonds is 8. The maximum absolute atomic E-state index is 12.4. The summed E-state index contributed by atoms with van der Waals surface area (Å²) in [6.45, 7) is 14.8. The molecule has 6 heteroatoms. The van der Waals surface area contributed by atoms with Crippen molar-refractivity contribution in [1.82, 2.24) is 0 Å². The van der Waals surface area contributed by atoms with Crippen LogP contribution >= 0.6 is 0 Å². The van der Waals surface area contributed by atoms with Crippen molar-refractivity contribution < 1.29 is 23.4 Å². The number of benzene rings is 1. The van der Waals surface area contributed by atoms with Crippen LogP contribution < -0.4 is 5.19 Å². The Morgan fingerprint density at radius 3 is 2.32 bits per heavy atom. The Morgan fingerprint density at radius 1 is 1.21 bits per heavy atom. The molecule has 1 aromatic carbocycles. The normalized spacial score (nSPS) is 25.3. The fourth-order valence-electron chi connectivity index (χ4n) is 3.64. The first-order valence-corrected chi connectivity index (χ1v) is 12.5. The van der Waals surface area contributed by atoms with Crippen molar-refractivity contribution in [1.29, 1.82) is 0 Å². The lowest BCUT2D eigenvalue weighted by Gasteiger charge is -2.40. The van der Waals surface area contributed by atoms with E-state index >= 15 is 0 Å². The van der Waals surface area contributed by atoms with Crippen LogP contribution in [0.5, 0.6) is 0 Å². The summed E-state index contributed by atoms with van der Waals surface area (Å²) < 4.78 is 24.3. The van der Waals surface area contributed by atoms with Crippen LogP contribution in [0.4, 0.5) is 0 Å². The van der Waals surface area contributed by atoms with Gasteiger partial charge in [-0.05, 0) is 30.6 Å². The molecular weight excluding hydrogens is 372 g/mol. The van der Waals surface area contributed by atoms with Gasteiger partial charge in [0.25, 0.3) is 0 Å². The molecule has 4 atom stereocenters. The first-order chi connectivity index (χ1) is 12.9. The van der Waals surface area contributed by atoms with Crippen molar-refractivity contribution in [2.45, 2.75) is 83.6 Å². The molecule has 1 aromatic rings. The van der Waals surface area contributed by atoms with Gasteiger partial charge in [-0.2, -0.15) is 0 Å². The molecule has 0 N–H and O–H groups in total. The first-order valence-electron chi connectivity index (χ1n) is 10.1. The highest BCUT2D eigenvalue weighted by atomic mass is 28.4. The van der Waals surface area contributed by atoms with E-state index in [1.807, 2.05) is 26.8 Å². The van der Waals surface area contributed by atoms with Gasteiger partial charge in [0.2, 0.25) is 8.32 Å². The molecule has 1 fully saturated rings. The second-order valence-electron chi connectivity index (χ2n) is 9.08. The zero-order valence-corrected chi connectivity index (χ0v) is 19.6. The summed E-state index contributed by atoms with van der Waals surface area (Å²) in [7, 11) is -0.768. The smallest absolute Gasteiger partial charge is 0.226 e. The van der Waals surface area contributed by atoms with E-state index in [2.05, 4.69) is 51.6 Å². The molecule has 1 heterocycles. The summed E-state index contributed by atoms with van der Waals surface area (Å²) in [5.74, 6) is -0.770. The highest BCUT2D eigenvalue weighted by Crippen LogP contribution is 2.38. The average Bonchev–Trinajstić information content (AvgIpc) is 2.94. The zero-order chi connectivity index (χ0) is 21.2. The Kier molecular flexibility index (Phi) is 7.26. The summed E-state index contributed by atoms with van der Waals surface area (Å²) in [4.78, 5) is 12.4. The fourth-order valence-corrected chi connectivity index (χ4v) is 6.43. The van der Waals surface area contributed by atoms with Gasteiger partial charge in [0.05, 0.1) is 6.61 Å². The van der Waals surface area contributed by atoms with Crippen LogP contribution in [0, 0.1) is 0 Å². The van der Waals surface area contributed by atoms with Gasteiger partial charge in [0.15, 0.2) is 11.6 Å². The molecule has 28 heavy (non-hydrogen) atoms. The molecule has 0 saturated carbocycles. The predicted octanol–water partition coefficient (Wildman–Crippen LogP) is 3.80. The molecule has 5 nitrogen and oxygen atoms in total. The SMILES string of the molecule is CCC(=O)[C@H](OC)[C@H]1OC(C)(C)O[C@H]1CO[Si](C)(c1ccccc1)C(C)(C)C. The molecule has 0 spiro atoms. The van der Waals surface area contributed by atoms with Gasteiger partial charge in [-0.1, -0.05) is 58.0 Å². The summed E-state index contributed by atoms with van der Waals surface area (Å²) in [5, 5.41) is 1.23. The number of carbonyl (C=O) groups excluding carboxylic acids is 1. The summed E-state index contributed by atoms with van der Waals surface area (Å²) in [5.41, 5.74) is 0. The third-order valence-corrected chi connectivity index (χ3v) is 10.8. The Balaban J connectivity index is 2.26. The molecule has 0 aromatic heterocycles. The first kappa shape index (κ1) is 23.2. The van der Waals surface area contributed by atoms with E-state index in [1.165, 1.54) is 5.19 Å². The van der Waals surface area contributed by atoms with Crippen molar-refractivity contribution in [2.75, 3.05) is 13.7 Å². The summed E-state index contributed by atoms with van der Waals surface area (Å²) in [6, 6.07) is 10.4. The van der Waals surface area contributed by atoms with Crippen molar-refractivity contribution >= 4 is 19.3 Å².